The fraction of sp³-hybridized carbons (Fsp3) is 0.353. The Kier molecular flexibility index (Phi) is 6.92. The van der Waals surface area contributed by atoms with E-state index in [9.17, 15) is 33.8 Å². The van der Waals surface area contributed by atoms with E-state index in [0.717, 1.165) is 21.4 Å². The van der Waals surface area contributed by atoms with Crippen LogP contribution in [0, 0.1) is 0 Å². The molecule has 0 amide bonds. The average Bonchev–Trinajstić information content (AvgIpc) is 3.30. The van der Waals surface area contributed by atoms with Crippen molar-refractivity contribution in [3.63, 3.8) is 0 Å². The minimum Gasteiger partial charge on any atom is -0.387 e. The van der Waals surface area contributed by atoms with Gasteiger partial charge in [0.15, 0.2) is 11.8 Å². The van der Waals surface area contributed by atoms with Crippen LogP contribution in [0.25, 0.3) is 11.0 Å². The van der Waals surface area contributed by atoms with Crippen molar-refractivity contribution < 1.29 is 47.2 Å². The number of benzene rings is 1. The van der Waals surface area contributed by atoms with Crippen molar-refractivity contribution in [3.8, 4) is 0 Å². The van der Waals surface area contributed by atoms with Crippen LogP contribution in [0.15, 0.2) is 50.6 Å². The zero-order chi connectivity index (χ0) is 24.6. The van der Waals surface area contributed by atoms with Gasteiger partial charge in [-0.25, -0.2) is 9.36 Å². The monoisotopic (exact) mass is 518 g/mol. The summed E-state index contributed by atoms with van der Waals surface area (Å²) in [6, 6.07) is 7.88. The molecule has 182 valence electrons. The first-order valence-electron chi connectivity index (χ1n) is 9.57. The summed E-state index contributed by atoms with van der Waals surface area (Å²) >= 11 is 0. The standard InChI is InChI=1S/C17H17N3O12P2/c21-13-5-6-19(17(24)20(13)7-10-9-3-1-2-4-11(9)31-18-10)16-15(23)14(22)12(30-16)8-29-34(27,28)32-33(25)26/h1-6,12,14-16,22-23H,7-8H2,(H-,25,26,27,28)/p+1/t12?,14?,15-,16?/m0/s1. The van der Waals surface area contributed by atoms with Gasteiger partial charge in [-0.15, -0.1) is 4.89 Å². The third-order valence-electron chi connectivity index (χ3n) is 5.04. The minimum atomic E-state index is -4.95. The lowest BCUT2D eigenvalue weighted by Gasteiger charge is -2.18. The van der Waals surface area contributed by atoms with Gasteiger partial charge in [-0.1, -0.05) is 17.3 Å². The number of phosphoric ester groups is 1. The Hall–Kier alpha value is -2.58. The van der Waals surface area contributed by atoms with Gasteiger partial charge in [0.2, 0.25) is 0 Å². The third kappa shape index (κ3) is 4.93. The molecule has 3 aromatic rings. The maximum atomic E-state index is 13.0. The lowest BCUT2D eigenvalue weighted by molar-refractivity contribution is -0.0546. The van der Waals surface area contributed by atoms with Crippen LogP contribution in [-0.2, 0) is 29.2 Å². The van der Waals surface area contributed by atoms with Gasteiger partial charge in [-0.3, -0.25) is 23.3 Å². The zero-order valence-corrected chi connectivity index (χ0v) is 18.8. The summed E-state index contributed by atoms with van der Waals surface area (Å²) in [6.07, 6.45) is -5.24. The highest BCUT2D eigenvalue weighted by Crippen LogP contribution is 2.51. The van der Waals surface area contributed by atoms with Crippen LogP contribution in [-0.4, -0.2) is 59.2 Å². The lowest BCUT2D eigenvalue weighted by Crippen LogP contribution is -2.43. The largest absolute Gasteiger partial charge is 0.705 e. The number of ether oxygens (including phenoxy) is 1. The number of rotatable bonds is 8. The van der Waals surface area contributed by atoms with Gasteiger partial charge in [0, 0.05) is 22.2 Å². The molecule has 0 radical (unpaired) electrons. The number of aliphatic hydroxyl groups is 2. The summed E-state index contributed by atoms with van der Waals surface area (Å²) < 4.78 is 42.8. The van der Waals surface area contributed by atoms with Crippen LogP contribution < -0.4 is 11.2 Å². The Morgan fingerprint density at radius 1 is 1.18 bits per heavy atom. The van der Waals surface area contributed by atoms with Crippen molar-refractivity contribution in [2.45, 2.75) is 31.1 Å². The molecule has 2 aromatic heterocycles. The number of fused-ring (bicyclic) bond motifs is 1. The van der Waals surface area contributed by atoms with E-state index in [1.165, 1.54) is 0 Å². The number of aliphatic hydroxyl groups excluding tert-OH is 2. The average molecular weight is 518 g/mol. The van der Waals surface area contributed by atoms with E-state index in [2.05, 4.69) is 14.0 Å². The maximum Gasteiger partial charge on any atom is 0.705 e. The van der Waals surface area contributed by atoms with Crippen molar-refractivity contribution >= 4 is 27.0 Å². The molecule has 15 nitrogen and oxygen atoms in total. The van der Waals surface area contributed by atoms with E-state index in [0.29, 0.717) is 16.7 Å². The van der Waals surface area contributed by atoms with Crippen molar-refractivity contribution in [1.29, 1.82) is 0 Å². The van der Waals surface area contributed by atoms with Gasteiger partial charge >= 0.3 is 21.8 Å². The quantitative estimate of drug-likeness (QED) is 0.280. The third-order valence-corrected chi connectivity index (χ3v) is 6.90. The molecule has 5 unspecified atom stereocenters. The molecule has 1 aliphatic rings. The van der Waals surface area contributed by atoms with Crippen LogP contribution in [0.1, 0.15) is 11.9 Å². The molecular formula is C17H18N3O12P2+. The van der Waals surface area contributed by atoms with Crippen LogP contribution in [0.4, 0.5) is 0 Å². The van der Waals surface area contributed by atoms with E-state index in [1.807, 2.05) is 0 Å². The SMILES string of the molecule is O=c1ccn(C2OC(COP(=O)(O)O[P+](=O)O)C(O)[C@@H]2O)c(=O)n1Cc1noc2ccccc12. The summed E-state index contributed by atoms with van der Waals surface area (Å²) in [4.78, 5) is 43.3. The fourth-order valence-electron chi connectivity index (χ4n) is 3.45. The molecule has 0 aliphatic carbocycles. The van der Waals surface area contributed by atoms with Crippen LogP contribution in [0.3, 0.4) is 0 Å². The zero-order valence-electron chi connectivity index (χ0n) is 17.0. The second-order valence-electron chi connectivity index (χ2n) is 7.19. The highest BCUT2D eigenvalue weighted by Gasteiger charge is 2.46. The smallest absolute Gasteiger partial charge is 0.387 e. The molecule has 1 aromatic carbocycles. The highest BCUT2D eigenvalue weighted by atomic mass is 31.2. The summed E-state index contributed by atoms with van der Waals surface area (Å²) in [6.45, 7) is -1.08. The van der Waals surface area contributed by atoms with Crippen LogP contribution >= 0.6 is 16.1 Å². The second kappa shape index (κ2) is 9.58. The molecule has 34 heavy (non-hydrogen) atoms. The van der Waals surface area contributed by atoms with E-state index in [-0.39, 0.29) is 6.54 Å². The Morgan fingerprint density at radius 3 is 2.65 bits per heavy atom. The maximum absolute atomic E-state index is 13.0. The second-order valence-corrected chi connectivity index (χ2v) is 9.51. The number of hydrogen-bond donors (Lipinski definition) is 4. The topological polar surface area (TPSA) is 213 Å². The van der Waals surface area contributed by atoms with E-state index >= 15 is 0 Å². The number of nitrogens with zero attached hydrogens (tertiary/aromatic N) is 3. The van der Waals surface area contributed by atoms with Gasteiger partial charge in [-0.05, 0) is 16.4 Å². The molecule has 0 saturated carbocycles. The molecule has 6 atom stereocenters. The van der Waals surface area contributed by atoms with E-state index < -0.39 is 58.5 Å². The molecular weight excluding hydrogens is 500 g/mol. The van der Waals surface area contributed by atoms with Gasteiger partial charge in [0.05, 0.1) is 13.2 Å². The molecule has 4 rings (SSSR count). The van der Waals surface area contributed by atoms with E-state index in [1.54, 1.807) is 24.3 Å². The predicted octanol–water partition coefficient (Wildman–Crippen LogP) is -0.398. The van der Waals surface area contributed by atoms with Gasteiger partial charge in [0.25, 0.3) is 5.56 Å². The molecule has 3 heterocycles. The van der Waals surface area contributed by atoms with Gasteiger partial charge in [-0.2, -0.15) is 0 Å². The summed E-state index contributed by atoms with van der Waals surface area (Å²) in [5.41, 5.74) is -0.797. The number of aromatic nitrogens is 3. The van der Waals surface area contributed by atoms with Crippen molar-refractivity contribution in [2.75, 3.05) is 6.61 Å². The molecule has 0 bridgehead atoms. The summed E-state index contributed by atoms with van der Waals surface area (Å²) in [5.74, 6) is 0. The Bertz CT molecular complexity index is 1380. The normalized spacial score (nSPS) is 24.9. The molecule has 1 aliphatic heterocycles. The van der Waals surface area contributed by atoms with E-state index in [4.69, 9.17) is 14.2 Å². The summed E-state index contributed by atoms with van der Waals surface area (Å²) in [5, 5.41) is 25.1. The molecule has 0 spiro atoms. The molecule has 1 fully saturated rings. The summed E-state index contributed by atoms with van der Waals surface area (Å²) in [7, 11) is -8.40. The molecule has 4 N–H and O–H groups in total. The van der Waals surface area contributed by atoms with Crippen LogP contribution in [0.5, 0.6) is 0 Å². The van der Waals surface area contributed by atoms with Gasteiger partial charge < -0.3 is 19.5 Å². The van der Waals surface area contributed by atoms with Crippen molar-refractivity contribution in [2.24, 2.45) is 0 Å². The Balaban J connectivity index is 1.57. The van der Waals surface area contributed by atoms with Crippen LogP contribution in [0.2, 0.25) is 0 Å². The molecule has 17 heteroatoms. The minimum absolute atomic E-state index is 0.252. The Labute approximate surface area is 189 Å². The van der Waals surface area contributed by atoms with Gasteiger partial charge in [0.1, 0.15) is 24.0 Å². The number of hydrogen-bond acceptors (Lipinski definition) is 11. The first-order chi connectivity index (χ1) is 16.1. The number of phosphoric acid groups is 1. The fourth-order valence-corrected chi connectivity index (χ4v) is 4.68. The lowest BCUT2D eigenvalue weighted by atomic mass is 10.1. The number of para-hydroxylation sites is 1. The Morgan fingerprint density at radius 2 is 1.91 bits per heavy atom. The van der Waals surface area contributed by atoms with Crippen molar-refractivity contribution in [3.05, 3.63) is 63.1 Å². The van der Waals surface area contributed by atoms with Crippen molar-refractivity contribution in [1.82, 2.24) is 14.3 Å². The highest BCUT2D eigenvalue weighted by molar-refractivity contribution is 7.55. The predicted molar refractivity (Wildman–Crippen MR) is 111 cm³/mol. The first-order valence-corrected chi connectivity index (χ1v) is 12.2. The molecule has 1 saturated heterocycles. The first kappa shape index (κ1) is 24.5.